The molecule has 0 aromatic heterocycles. The number of nitrogens with zero attached hydrogens (tertiary/aromatic N) is 1. The van der Waals surface area contributed by atoms with Crippen LogP contribution in [0, 0.1) is 0 Å². The van der Waals surface area contributed by atoms with Crippen LogP contribution < -0.4 is 4.83 Å². The third-order valence-corrected chi connectivity index (χ3v) is 3.84. The fraction of sp³-hybridized carbons (Fsp3) is 0.400. The summed E-state index contributed by atoms with van der Waals surface area (Å²) in [7, 11) is -3.72. The molecule has 6 nitrogen and oxygen atoms in total. The van der Waals surface area contributed by atoms with E-state index in [-0.39, 0.29) is 10.6 Å². The average molecular weight is 258 g/mol. The second-order valence-electron chi connectivity index (χ2n) is 3.66. The lowest BCUT2D eigenvalue weighted by Crippen LogP contribution is -2.48. The minimum atomic E-state index is -3.72. The monoisotopic (exact) mass is 258 g/mol. The number of ether oxygens (including phenoxy) is 1. The first-order chi connectivity index (χ1) is 8.09. The Kier molecular flexibility index (Phi) is 3.63. The summed E-state index contributed by atoms with van der Waals surface area (Å²) in [5.41, 5.74) is 0. The average Bonchev–Trinajstić information content (AvgIpc) is 2.30. The maximum atomic E-state index is 12.0. The zero-order valence-corrected chi connectivity index (χ0v) is 9.98. The molecule has 0 spiro atoms. The van der Waals surface area contributed by atoms with Crippen LogP contribution in [0.1, 0.15) is 0 Å². The van der Waals surface area contributed by atoms with Gasteiger partial charge in [-0.05, 0) is 12.1 Å². The van der Waals surface area contributed by atoms with E-state index >= 15 is 0 Å². The highest BCUT2D eigenvalue weighted by Gasteiger charge is 2.22. The fourth-order valence-electron chi connectivity index (χ4n) is 1.56. The number of para-hydroxylation sites is 1. The Morgan fingerprint density at radius 3 is 2.53 bits per heavy atom. The number of rotatable bonds is 3. The Bertz CT molecular complexity index is 483. The lowest BCUT2D eigenvalue weighted by atomic mass is 10.3. The van der Waals surface area contributed by atoms with Crippen LogP contribution in [0.4, 0.5) is 0 Å². The zero-order valence-electron chi connectivity index (χ0n) is 9.17. The van der Waals surface area contributed by atoms with Crippen molar-refractivity contribution in [3.8, 4) is 5.75 Å². The summed E-state index contributed by atoms with van der Waals surface area (Å²) in [5.74, 6) is -0.256. The summed E-state index contributed by atoms with van der Waals surface area (Å²) in [6.45, 7) is 1.96. The van der Waals surface area contributed by atoms with Gasteiger partial charge in [0.2, 0.25) is 0 Å². The standard InChI is InChI=1S/C10H14N2O4S/c13-9-3-1-2-4-10(9)17(14,15)11-12-5-7-16-8-6-12/h1-4,11,13H,5-8H2. The summed E-state index contributed by atoms with van der Waals surface area (Å²) >= 11 is 0. The van der Waals surface area contributed by atoms with Gasteiger partial charge in [0.15, 0.2) is 0 Å². The Hall–Kier alpha value is -1.15. The molecular weight excluding hydrogens is 244 g/mol. The van der Waals surface area contributed by atoms with Crippen LogP contribution in [-0.2, 0) is 14.8 Å². The number of sulfonamides is 1. The zero-order chi connectivity index (χ0) is 12.3. The molecule has 1 aromatic carbocycles. The normalized spacial score (nSPS) is 18.1. The molecule has 17 heavy (non-hydrogen) atoms. The molecule has 1 heterocycles. The van der Waals surface area contributed by atoms with Crippen molar-refractivity contribution in [2.45, 2.75) is 4.90 Å². The molecule has 7 heteroatoms. The van der Waals surface area contributed by atoms with E-state index in [1.165, 1.54) is 12.1 Å². The molecule has 0 atom stereocenters. The van der Waals surface area contributed by atoms with E-state index < -0.39 is 10.0 Å². The van der Waals surface area contributed by atoms with Crippen molar-refractivity contribution >= 4 is 10.0 Å². The Labute approximate surface area is 99.8 Å². The van der Waals surface area contributed by atoms with Gasteiger partial charge >= 0.3 is 0 Å². The number of benzene rings is 1. The summed E-state index contributed by atoms with van der Waals surface area (Å²) in [4.78, 5) is 2.30. The summed E-state index contributed by atoms with van der Waals surface area (Å²) in [6.07, 6.45) is 0. The predicted molar refractivity (Wildman–Crippen MR) is 60.8 cm³/mol. The number of hydrogen-bond donors (Lipinski definition) is 2. The summed E-state index contributed by atoms with van der Waals surface area (Å²) < 4.78 is 29.1. The maximum absolute atomic E-state index is 12.0. The largest absolute Gasteiger partial charge is 0.507 e. The number of phenolic OH excluding ortho intramolecular Hbond substituents is 1. The molecule has 0 unspecified atom stereocenters. The van der Waals surface area contributed by atoms with Gasteiger partial charge in [-0.15, -0.1) is 4.83 Å². The van der Waals surface area contributed by atoms with E-state index in [1.54, 1.807) is 17.1 Å². The molecule has 0 amide bonds. The minimum absolute atomic E-state index is 0.119. The van der Waals surface area contributed by atoms with Crippen LogP contribution >= 0.6 is 0 Å². The predicted octanol–water partition coefficient (Wildman–Crippen LogP) is -0.0823. The quantitative estimate of drug-likeness (QED) is 0.792. The SMILES string of the molecule is O=S(=O)(NN1CCOCC1)c1ccccc1O. The number of morpholine rings is 1. The molecule has 1 aliphatic rings. The van der Waals surface area contributed by atoms with Crippen molar-refractivity contribution in [3.05, 3.63) is 24.3 Å². The van der Waals surface area contributed by atoms with Crippen molar-refractivity contribution in [1.82, 2.24) is 9.84 Å². The van der Waals surface area contributed by atoms with Gasteiger partial charge < -0.3 is 9.84 Å². The second kappa shape index (κ2) is 5.01. The first-order valence-electron chi connectivity index (χ1n) is 5.23. The van der Waals surface area contributed by atoms with Crippen LogP contribution in [-0.4, -0.2) is 44.8 Å². The molecule has 1 aromatic rings. The molecule has 0 saturated carbocycles. The number of hydrazine groups is 1. The van der Waals surface area contributed by atoms with Crippen LogP contribution in [0.5, 0.6) is 5.75 Å². The smallest absolute Gasteiger partial charge is 0.257 e. The Morgan fingerprint density at radius 2 is 1.88 bits per heavy atom. The lowest BCUT2D eigenvalue weighted by Gasteiger charge is -2.26. The van der Waals surface area contributed by atoms with Crippen molar-refractivity contribution < 1.29 is 18.3 Å². The number of phenols is 1. The maximum Gasteiger partial charge on any atom is 0.257 e. The van der Waals surface area contributed by atoms with E-state index in [2.05, 4.69) is 4.83 Å². The molecule has 1 aliphatic heterocycles. The van der Waals surface area contributed by atoms with E-state index in [0.29, 0.717) is 26.3 Å². The van der Waals surface area contributed by atoms with Crippen molar-refractivity contribution in [2.75, 3.05) is 26.3 Å². The first-order valence-corrected chi connectivity index (χ1v) is 6.71. The van der Waals surface area contributed by atoms with Gasteiger partial charge in [0.25, 0.3) is 10.0 Å². The molecular formula is C10H14N2O4S. The van der Waals surface area contributed by atoms with Crippen LogP contribution in [0.15, 0.2) is 29.2 Å². The van der Waals surface area contributed by atoms with Gasteiger partial charge in [0, 0.05) is 13.1 Å². The highest BCUT2D eigenvalue weighted by atomic mass is 32.2. The van der Waals surface area contributed by atoms with Gasteiger partial charge in [0.05, 0.1) is 13.2 Å². The van der Waals surface area contributed by atoms with Gasteiger partial charge in [-0.1, -0.05) is 12.1 Å². The minimum Gasteiger partial charge on any atom is -0.507 e. The van der Waals surface area contributed by atoms with Crippen molar-refractivity contribution in [2.24, 2.45) is 0 Å². The molecule has 0 radical (unpaired) electrons. The van der Waals surface area contributed by atoms with Gasteiger partial charge in [-0.25, -0.2) is 13.4 Å². The fourth-order valence-corrected chi connectivity index (χ4v) is 2.78. The van der Waals surface area contributed by atoms with Gasteiger partial charge in [0.1, 0.15) is 10.6 Å². The molecule has 1 fully saturated rings. The van der Waals surface area contributed by atoms with Crippen LogP contribution in [0.3, 0.4) is 0 Å². The second-order valence-corrected chi connectivity index (χ2v) is 5.29. The highest BCUT2D eigenvalue weighted by Crippen LogP contribution is 2.21. The van der Waals surface area contributed by atoms with Crippen molar-refractivity contribution in [3.63, 3.8) is 0 Å². The molecule has 0 bridgehead atoms. The molecule has 2 N–H and O–H groups in total. The molecule has 1 saturated heterocycles. The summed E-state index contributed by atoms with van der Waals surface area (Å²) in [6, 6.07) is 5.84. The molecule has 2 rings (SSSR count). The van der Waals surface area contributed by atoms with E-state index in [9.17, 15) is 13.5 Å². The molecule has 0 aliphatic carbocycles. The number of hydrogen-bond acceptors (Lipinski definition) is 5. The Balaban J connectivity index is 2.16. The van der Waals surface area contributed by atoms with Crippen LogP contribution in [0.2, 0.25) is 0 Å². The van der Waals surface area contributed by atoms with Crippen molar-refractivity contribution in [1.29, 1.82) is 0 Å². The van der Waals surface area contributed by atoms with E-state index in [0.717, 1.165) is 0 Å². The van der Waals surface area contributed by atoms with Gasteiger partial charge in [-0.3, -0.25) is 0 Å². The number of nitrogens with one attached hydrogen (secondary N) is 1. The third-order valence-electron chi connectivity index (χ3n) is 2.42. The Morgan fingerprint density at radius 1 is 1.24 bits per heavy atom. The third kappa shape index (κ3) is 2.95. The topological polar surface area (TPSA) is 78.9 Å². The van der Waals surface area contributed by atoms with E-state index in [1.807, 2.05) is 0 Å². The summed E-state index contributed by atoms with van der Waals surface area (Å²) in [5, 5.41) is 11.1. The lowest BCUT2D eigenvalue weighted by molar-refractivity contribution is 0.0272. The highest BCUT2D eigenvalue weighted by molar-refractivity contribution is 7.89. The van der Waals surface area contributed by atoms with Crippen LogP contribution in [0.25, 0.3) is 0 Å². The first kappa shape index (κ1) is 12.3. The number of aromatic hydroxyl groups is 1. The molecule has 94 valence electrons. The van der Waals surface area contributed by atoms with Gasteiger partial charge in [-0.2, -0.15) is 0 Å². The van der Waals surface area contributed by atoms with E-state index in [4.69, 9.17) is 4.74 Å².